The molecule has 0 spiro atoms. The second-order valence-electron chi connectivity index (χ2n) is 7.11. The first-order chi connectivity index (χ1) is 9.25. The van der Waals surface area contributed by atoms with Crippen molar-refractivity contribution in [1.82, 2.24) is 5.32 Å². The Bertz CT molecular complexity index is 538. The fraction of sp³-hybridized carbons (Fsp3) is 0.562. The van der Waals surface area contributed by atoms with Gasteiger partial charge in [-0.25, -0.2) is 4.39 Å². The average molecular weight is 276 g/mol. The zero-order valence-corrected chi connectivity index (χ0v) is 12.0. The van der Waals surface area contributed by atoms with Crippen LogP contribution in [0.5, 0.6) is 0 Å². The first kappa shape index (κ1) is 13.6. The summed E-state index contributed by atoms with van der Waals surface area (Å²) in [4.78, 5) is 12.3. The molecule has 1 amide bonds. The van der Waals surface area contributed by atoms with Gasteiger partial charge in [-0.2, -0.15) is 0 Å². The Hall–Kier alpha value is -1.42. The van der Waals surface area contributed by atoms with E-state index in [0.29, 0.717) is 5.56 Å². The number of hydrogen-bond acceptors (Lipinski definition) is 2. The molecule has 0 bridgehead atoms. The summed E-state index contributed by atoms with van der Waals surface area (Å²) in [6.45, 7) is 4.27. The minimum Gasteiger partial charge on any atom is -0.346 e. The minimum absolute atomic E-state index is 0.0895. The molecule has 2 aliphatic carbocycles. The van der Waals surface area contributed by atoms with Gasteiger partial charge in [0.25, 0.3) is 5.91 Å². The van der Waals surface area contributed by atoms with Gasteiger partial charge in [0.1, 0.15) is 5.82 Å². The summed E-state index contributed by atoms with van der Waals surface area (Å²) in [5.41, 5.74) is 6.51. The Morgan fingerprint density at radius 3 is 2.20 bits per heavy atom. The van der Waals surface area contributed by atoms with Crippen molar-refractivity contribution in [1.29, 1.82) is 0 Å². The van der Waals surface area contributed by atoms with Crippen molar-refractivity contribution in [2.75, 3.05) is 0 Å². The molecule has 0 radical (unpaired) electrons. The highest BCUT2D eigenvalue weighted by atomic mass is 19.1. The molecule has 20 heavy (non-hydrogen) atoms. The number of carbonyl (C=O) groups excluding carboxylic acids is 1. The van der Waals surface area contributed by atoms with Crippen LogP contribution < -0.4 is 11.1 Å². The van der Waals surface area contributed by atoms with E-state index >= 15 is 0 Å². The van der Waals surface area contributed by atoms with E-state index in [1.54, 1.807) is 0 Å². The molecule has 1 aromatic carbocycles. The van der Waals surface area contributed by atoms with Crippen LogP contribution >= 0.6 is 0 Å². The number of benzene rings is 1. The van der Waals surface area contributed by atoms with Gasteiger partial charge >= 0.3 is 0 Å². The van der Waals surface area contributed by atoms with E-state index in [1.807, 2.05) is 0 Å². The smallest absolute Gasteiger partial charge is 0.251 e. The highest BCUT2D eigenvalue weighted by Crippen LogP contribution is 2.62. The number of nitrogens with two attached hydrogens (primary N) is 1. The molecule has 2 aliphatic rings. The highest BCUT2D eigenvalue weighted by Gasteiger charge is 2.64. The topological polar surface area (TPSA) is 55.1 Å². The third kappa shape index (κ3) is 2.12. The number of hydrogen-bond donors (Lipinski definition) is 2. The molecule has 3 nitrogen and oxygen atoms in total. The maximum Gasteiger partial charge on any atom is 0.251 e. The number of carbonyl (C=O) groups is 1. The molecule has 2 saturated carbocycles. The van der Waals surface area contributed by atoms with E-state index in [2.05, 4.69) is 19.2 Å². The fourth-order valence-corrected chi connectivity index (χ4v) is 3.96. The average Bonchev–Trinajstić information content (AvgIpc) is 3.08. The Labute approximate surface area is 118 Å². The zero-order valence-electron chi connectivity index (χ0n) is 12.0. The number of halogens is 1. The van der Waals surface area contributed by atoms with Crippen molar-refractivity contribution in [2.45, 2.75) is 50.6 Å². The van der Waals surface area contributed by atoms with E-state index in [-0.39, 0.29) is 28.2 Å². The summed E-state index contributed by atoms with van der Waals surface area (Å²) >= 11 is 0. The van der Waals surface area contributed by atoms with Crippen LogP contribution in [0.25, 0.3) is 0 Å². The summed E-state index contributed by atoms with van der Waals surface area (Å²) in [5, 5.41) is 3.17. The highest BCUT2D eigenvalue weighted by molar-refractivity contribution is 5.95. The van der Waals surface area contributed by atoms with E-state index in [0.717, 1.165) is 25.7 Å². The Morgan fingerprint density at radius 1 is 1.20 bits per heavy atom. The summed E-state index contributed by atoms with van der Waals surface area (Å²) in [6.07, 6.45) is 3.88. The predicted octanol–water partition coefficient (Wildman–Crippen LogP) is 2.61. The first-order valence-electron chi connectivity index (χ1n) is 7.12. The standard InChI is InChI=1S/C16H21FN2O/c1-14(9-15(2,18)10-14)16(7-8-16)19-13(20)11-3-5-12(17)6-4-11/h3-6H,7-10,18H2,1-2H3,(H,19,20). The molecular formula is C16H21FN2O. The molecule has 4 heteroatoms. The maximum absolute atomic E-state index is 12.9. The van der Waals surface area contributed by atoms with E-state index in [1.165, 1.54) is 24.3 Å². The van der Waals surface area contributed by atoms with Crippen molar-refractivity contribution >= 4 is 5.91 Å². The molecule has 3 rings (SSSR count). The molecule has 0 saturated heterocycles. The van der Waals surface area contributed by atoms with Gasteiger partial charge in [-0.1, -0.05) is 6.92 Å². The van der Waals surface area contributed by atoms with Crippen molar-refractivity contribution in [2.24, 2.45) is 11.1 Å². The van der Waals surface area contributed by atoms with Gasteiger partial charge in [0.15, 0.2) is 0 Å². The first-order valence-corrected chi connectivity index (χ1v) is 7.12. The number of amides is 1. The molecule has 108 valence electrons. The van der Waals surface area contributed by atoms with E-state index < -0.39 is 0 Å². The molecule has 3 N–H and O–H groups in total. The lowest BCUT2D eigenvalue weighted by Gasteiger charge is -2.55. The third-order valence-electron chi connectivity index (χ3n) is 4.95. The SMILES string of the molecule is CC1(N)CC(C)(C2(NC(=O)c3ccc(F)cc3)CC2)C1. The lowest BCUT2D eigenvalue weighted by Crippen LogP contribution is -2.64. The van der Waals surface area contributed by atoms with Gasteiger partial charge in [-0.15, -0.1) is 0 Å². The summed E-state index contributed by atoms with van der Waals surface area (Å²) in [5.74, 6) is -0.443. The molecule has 1 aromatic rings. The van der Waals surface area contributed by atoms with Crippen molar-refractivity contribution in [3.63, 3.8) is 0 Å². The van der Waals surface area contributed by atoms with Crippen molar-refractivity contribution < 1.29 is 9.18 Å². The van der Waals surface area contributed by atoms with Gasteiger partial charge < -0.3 is 11.1 Å². The Morgan fingerprint density at radius 2 is 1.75 bits per heavy atom. The van der Waals surface area contributed by atoms with Gasteiger partial charge in [-0.05, 0) is 62.3 Å². The lowest BCUT2D eigenvalue weighted by molar-refractivity contribution is 0.00699. The summed E-state index contributed by atoms with van der Waals surface area (Å²) in [7, 11) is 0. The molecule has 0 atom stereocenters. The van der Waals surface area contributed by atoms with Gasteiger partial charge in [0.05, 0.1) is 0 Å². The van der Waals surface area contributed by atoms with Crippen molar-refractivity contribution in [3.8, 4) is 0 Å². The quantitative estimate of drug-likeness (QED) is 0.891. The Balaban J connectivity index is 1.72. The molecular weight excluding hydrogens is 255 g/mol. The molecule has 0 aromatic heterocycles. The maximum atomic E-state index is 12.9. The number of rotatable bonds is 3. The molecule has 0 aliphatic heterocycles. The molecule has 2 fully saturated rings. The predicted molar refractivity (Wildman–Crippen MR) is 75.8 cm³/mol. The van der Waals surface area contributed by atoms with Crippen LogP contribution in [0.1, 0.15) is 49.9 Å². The summed E-state index contributed by atoms with van der Waals surface area (Å²) in [6, 6.07) is 5.68. The number of nitrogens with one attached hydrogen (secondary N) is 1. The molecule has 0 heterocycles. The Kier molecular flexibility index (Phi) is 2.74. The lowest BCUT2D eigenvalue weighted by atomic mass is 9.55. The van der Waals surface area contributed by atoms with Crippen LogP contribution in [-0.4, -0.2) is 17.0 Å². The third-order valence-corrected chi connectivity index (χ3v) is 4.95. The van der Waals surface area contributed by atoms with E-state index in [9.17, 15) is 9.18 Å². The van der Waals surface area contributed by atoms with Crippen LogP contribution in [0, 0.1) is 11.2 Å². The molecule has 0 unspecified atom stereocenters. The van der Waals surface area contributed by atoms with Crippen LogP contribution in [0.3, 0.4) is 0 Å². The van der Waals surface area contributed by atoms with E-state index in [4.69, 9.17) is 5.73 Å². The van der Waals surface area contributed by atoms with Crippen LogP contribution in [0.4, 0.5) is 4.39 Å². The second-order valence-corrected chi connectivity index (χ2v) is 7.11. The van der Waals surface area contributed by atoms with Crippen LogP contribution in [0.2, 0.25) is 0 Å². The summed E-state index contributed by atoms with van der Waals surface area (Å²) < 4.78 is 12.9. The largest absolute Gasteiger partial charge is 0.346 e. The monoisotopic (exact) mass is 276 g/mol. The van der Waals surface area contributed by atoms with Crippen LogP contribution in [0.15, 0.2) is 24.3 Å². The minimum atomic E-state index is -0.326. The zero-order chi connectivity index (χ0) is 14.6. The second kappa shape index (κ2) is 4.04. The van der Waals surface area contributed by atoms with Gasteiger partial charge in [0, 0.05) is 16.6 Å². The normalized spacial score (nSPS) is 34.2. The fourth-order valence-electron chi connectivity index (χ4n) is 3.96. The van der Waals surface area contributed by atoms with Crippen molar-refractivity contribution in [3.05, 3.63) is 35.6 Å². The van der Waals surface area contributed by atoms with Gasteiger partial charge in [-0.3, -0.25) is 4.79 Å². The van der Waals surface area contributed by atoms with Crippen LogP contribution in [-0.2, 0) is 0 Å². The van der Waals surface area contributed by atoms with Gasteiger partial charge in [0.2, 0.25) is 0 Å².